The van der Waals surface area contributed by atoms with Crippen LogP contribution in [0.25, 0.3) is 0 Å². The van der Waals surface area contributed by atoms with Gasteiger partial charge in [0.15, 0.2) is 0 Å². The molecule has 1 atom stereocenters. The Morgan fingerprint density at radius 2 is 2.00 bits per heavy atom. The summed E-state index contributed by atoms with van der Waals surface area (Å²) in [6.45, 7) is 6.24. The maximum Gasteiger partial charge on any atom is 0.0699 e. The van der Waals surface area contributed by atoms with Crippen molar-refractivity contribution in [3.63, 3.8) is 0 Å². The van der Waals surface area contributed by atoms with Crippen molar-refractivity contribution in [3.05, 3.63) is 0 Å². The van der Waals surface area contributed by atoms with Crippen LogP contribution in [0.2, 0.25) is 0 Å². The Morgan fingerprint density at radius 3 is 2.65 bits per heavy atom. The minimum Gasteiger partial charge on any atom is -0.377 e. The van der Waals surface area contributed by atoms with E-state index >= 15 is 0 Å². The van der Waals surface area contributed by atoms with Gasteiger partial charge in [0.2, 0.25) is 0 Å². The average molecular weight is 240 g/mol. The number of hydrogen-bond acceptors (Lipinski definition) is 3. The van der Waals surface area contributed by atoms with E-state index in [1.807, 2.05) is 0 Å². The van der Waals surface area contributed by atoms with Crippen LogP contribution in [0.1, 0.15) is 51.9 Å². The molecule has 100 valence electrons. The lowest BCUT2D eigenvalue weighted by atomic mass is 9.80. The number of ether oxygens (including phenoxy) is 1. The van der Waals surface area contributed by atoms with E-state index in [9.17, 15) is 0 Å². The summed E-state index contributed by atoms with van der Waals surface area (Å²) in [6, 6.07) is 0. The van der Waals surface area contributed by atoms with Gasteiger partial charge in [-0.15, -0.1) is 0 Å². The zero-order chi connectivity index (χ0) is 12.1. The topological polar surface area (TPSA) is 38.5 Å². The summed E-state index contributed by atoms with van der Waals surface area (Å²) in [4.78, 5) is 2.66. The van der Waals surface area contributed by atoms with Crippen molar-refractivity contribution in [1.29, 1.82) is 0 Å². The van der Waals surface area contributed by atoms with E-state index in [2.05, 4.69) is 11.8 Å². The monoisotopic (exact) mass is 240 g/mol. The van der Waals surface area contributed by atoms with Crippen LogP contribution in [0.15, 0.2) is 0 Å². The summed E-state index contributed by atoms with van der Waals surface area (Å²) < 4.78 is 5.88. The maximum atomic E-state index is 6.12. The third-order valence-corrected chi connectivity index (χ3v) is 4.64. The summed E-state index contributed by atoms with van der Waals surface area (Å²) in [7, 11) is 0. The van der Waals surface area contributed by atoms with Gasteiger partial charge in [-0.1, -0.05) is 26.2 Å². The lowest BCUT2D eigenvalue weighted by Gasteiger charge is -2.46. The molecule has 2 rings (SSSR count). The molecular weight excluding hydrogens is 212 g/mol. The van der Waals surface area contributed by atoms with Crippen molar-refractivity contribution >= 4 is 0 Å². The van der Waals surface area contributed by atoms with Crippen LogP contribution >= 0.6 is 0 Å². The van der Waals surface area contributed by atoms with E-state index in [-0.39, 0.29) is 0 Å². The van der Waals surface area contributed by atoms with E-state index in [0.29, 0.717) is 11.6 Å². The van der Waals surface area contributed by atoms with Gasteiger partial charge in [-0.05, 0) is 25.7 Å². The van der Waals surface area contributed by atoms with Crippen molar-refractivity contribution in [2.24, 2.45) is 5.73 Å². The van der Waals surface area contributed by atoms with E-state index in [4.69, 9.17) is 10.5 Å². The molecular formula is C14H28N2O. The minimum atomic E-state index is 0.291. The van der Waals surface area contributed by atoms with Crippen LogP contribution in [0.5, 0.6) is 0 Å². The van der Waals surface area contributed by atoms with E-state index in [0.717, 1.165) is 32.5 Å². The van der Waals surface area contributed by atoms with Gasteiger partial charge in [0.1, 0.15) is 0 Å². The van der Waals surface area contributed by atoms with Crippen molar-refractivity contribution in [2.75, 3.05) is 26.2 Å². The fraction of sp³-hybridized carbons (Fsp3) is 1.00. The predicted molar refractivity (Wildman–Crippen MR) is 71.1 cm³/mol. The molecule has 2 aliphatic rings. The fourth-order valence-electron chi connectivity index (χ4n) is 3.43. The Hall–Kier alpha value is -0.120. The van der Waals surface area contributed by atoms with Gasteiger partial charge in [0.25, 0.3) is 0 Å². The summed E-state index contributed by atoms with van der Waals surface area (Å²) in [5.41, 5.74) is 6.42. The molecule has 1 aliphatic carbocycles. The predicted octanol–water partition coefficient (Wildman–Crippen LogP) is 2.15. The van der Waals surface area contributed by atoms with Crippen LogP contribution in [-0.4, -0.2) is 42.8 Å². The number of rotatable bonds is 3. The molecule has 1 saturated carbocycles. The number of hydrogen-bond donors (Lipinski definition) is 1. The first kappa shape index (κ1) is 13.3. The zero-order valence-corrected chi connectivity index (χ0v) is 11.3. The second-order valence-electron chi connectivity index (χ2n) is 5.69. The van der Waals surface area contributed by atoms with Crippen LogP contribution < -0.4 is 5.73 Å². The van der Waals surface area contributed by atoms with Gasteiger partial charge in [-0.2, -0.15) is 0 Å². The van der Waals surface area contributed by atoms with Crippen molar-refractivity contribution in [1.82, 2.24) is 4.90 Å². The standard InChI is InChI=1S/C14H28N2O/c1-2-13-11-16(9-6-10-17-13)14(12-15)7-4-3-5-8-14/h13H,2-12,15H2,1H3. The molecule has 3 nitrogen and oxygen atoms in total. The highest BCUT2D eigenvalue weighted by molar-refractivity contribution is 4.95. The lowest BCUT2D eigenvalue weighted by molar-refractivity contribution is 0.0123. The van der Waals surface area contributed by atoms with E-state index < -0.39 is 0 Å². The molecule has 0 bridgehead atoms. The quantitative estimate of drug-likeness (QED) is 0.821. The SMILES string of the molecule is CCC1CN(C2(CN)CCCCC2)CCCO1. The Morgan fingerprint density at radius 1 is 1.24 bits per heavy atom. The van der Waals surface area contributed by atoms with Gasteiger partial charge in [-0.3, -0.25) is 4.90 Å². The molecule has 1 aliphatic heterocycles. The largest absolute Gasteiger partial charge is 0.377 e. The molecule has 1 unspecified atom stereocenters. The molecule has 0 aromatic heterocycles. The van der Waals surface area contributed by atoms with Gasteiger partial charge in [0.05, 0.1) is 6.10 Å². The Kier molecular flexibility index (Phi) is 4.83. The molecule has 2 fully saturated rings. The second kappa shape index (κ2) is 6.17. The molecule has 0 aromatic rings. The molecule has 0 radical (unpaired) electrons. The van der Waals surface area contributed by atoms with Gasteiger partial charge >= 0.3 is 0 Å². The molecule has 1 heterocycles. The van der Waals surface area contributed by atoms with Crippen molar-refractivity contribution in [3.8, 4) is 0 Å². The Bertz CT molecular complexity index is 226. The van der Waals surface area contributed by atoms with Crippen LogP contribution in [-0.2, 0) is 4.74 Å². The van der Waals surface area contributed by atoms with Gasteiger partial charge < -0.3 is 10.5 Å². The smallest absolute Gasteiger partial charge is 0.0699 e. The molecule has 0 spiro atoms. The molecule has 0 aromatic carbocycles. The van der Waals surface area contributed by atoms with E-state index in [1.54, 1.807) is 0 Å². The average Bonchev–Trinajstić information content (AvgIpc) is 2.65. The third-order valence-electron chi connectivity index (χ3n) is 4.64. The minimum absolute atomic E-state index is 0.291. The second-order valence-corrected chi connectivity index (χ2v) is 5.69. The first-order valence-electron chi connectivity index (χ1n) is 7.37. The number of nitrogens with zero attached hydrogens (tertiary/aromatic N) is 1. The molecule has 2 N–H and O–H groups in total. The van der Waals surface area contributed by atoms with Gasteiger partial charge in [-0.25, -0.2) is 0 Å². The zero-order valence-electron chi connectivity index (χ0n) is 11.3. The van der Waals surface area contributed by atoms with Crippen LogP contribution in [0.4, 0.5) is 0 Å². The highest BCUT2D eigenvalue weighted by Crippen LogP contribution is 2.34. The summed E-state index contributed by atoms with van der Waals surface area (Å²) in [5, 5.41) is 0. The number of nitrogens with two attached hydrogens (primary N) is 1. The van der Waals surface area contributed by atoms with Crippen molar-refractivity contribution in [2.45, 2.75) is 63.5 Å². The first-order chi connectivity index (χ1) is 8.30. The van der Waals surface area contributed by atoms with Gasteiger partial charge in [0, 0.05) is 31.8 Å². The maximum absolute atomic E-state index is 6.12. The lowest BCUT2D eigenvalue weighted by Crippen LogP contribution is -2.56. The third kappa shape index (κ3) is 3.01. The highest BCUT2D eigenvalue weighted by atomic mass is 16.5. The Labute approximate surface area is 106 Å². The van der Waals surface area contributed by atoms with Crippen LogP contribution in [0.3, 0.4) is 0 Å². The summed E-state index contributed by atoms with van der Waals surface area (Å²) in [6.07, 6.45) is 9.39. The molecule has 0 amide bonds. The Balaban J connectivity index is 2.05. The first-order valence-corrected chi connectivity index (χ1v) is 7.37. The van der Waals surface area contributed by atoms with E-state index in [1.165, 1.54) is 38.6 Å². The van der Waals surface area contributed by atoms with Crippen molar-refractivity contribution < 1.29 is 4.74 Å². The molecule has 3 heteroatoms. The molecule has 17 heavy (non-hydrogen) atoms. The fourth-order valence-corrected chi connectivity index (χ4v) is 3.43. The molecule has 1 saturated heterocycles. The summed E-state index contributed by atoms with van der Waals surface area (Å²) >= 11 is 0. The summed E-state index contributed by atoms with van der Waals surface area (Å²) in [5.74, 6) is 0. The normalized spacial score (nSPS) is 31.1. The van der Waals surface area contributed by atoms with Crippen LogP contribution in [0, 0.1) is 0 Å². The highest BCUT2D eigenvalue weighted by Gasteiger charge is 2.38.